The summed E-state index contributed by atoms with van der Waals surface area (Å²) < 4.78 is 0. The summed E-state index contributed by atoms with van der Waals surface area (Å²) in [7, 11) is 2.20. The van der Waals surface area contributed by atoms with Crippen molar-refractivity contribution in [3.63, 3.8) is 0 Å². The van der Waals surface area contributed by atoms with Gasteiger partial charge in [0.15, 0.2) is 0 Å². The van der Waals surface area contributed by atoms with E-state index in [0.717, 1.165) is 0 Å². The SMILES string of the molecule is CC1NC=CC2c3ccccc3N(C)C12. The predicted molar refractivity (Wildman–Crippen MR) is 63.1 cm³/mol. The number of nitrogens with zero attached hydrogens (tertiary/aromatic N) is 1. The van der Waals surface area contributed by atoms with E-state index in [0.29, 0.717) is 18.0 Å². The van der Waals surface area contributed by atoms with E-state index in [1.54, 1.807) is 0 Å². The smallest absolute Gasteiger partial charge is 0.0589 e. The molecular weight excluding hydrogens is 184 g/mol. The zero-order valence-corrected chi connectivity index (χ0v) is 9.14. The topological polar surface area (TPSA) is 15.3 Å². The van der Waals surface area contributed by atoms with Crippen LogP contribution in [0.25, 0.3) is 0 Å². The largest absolute Gasteiger partial charge is 0.387 e. The number of hydrogen-bond acceptors (Lipinski definition) is 2. The minimum absolute atomic E-state index is 0.511. The van der Waals surface area contributed by atoms with Gasteiger partial charge in [-0.1, -0.05) is 24.3 Å². The molecule has 2 heteroatoms. The first-order chi connectivity index (χ1) is 7.29. The van der Waals surface area contributed by atoms with Gasteiger partial charge >= 0.3 is 0 Å². The fourth-order valence-electron chi connectivity index (χ4n) is 2.95. The molecule has 1 aromatic carbocycles. The zero-order valence-electron chi connectivity index (χ0n) is 9.14. The van der Waals surface area contributed by atoms with Crippen LogP contribution < -0.4 is 10.2 Å². The maximum Gasteiger partial charge on any atom is 0.0589 e. The Labute approximate surface area is 90.6 Å². The van der Waals surface area contributed by atoms with Gasteiger partial charge in [0.1, 0.15) is 0 Å². The molecule has 0 fully saturated rings. The van der Waals surface area contributed by atoms with Crippen LogP contribution >= 0.6 is 0 Å². The molecule has 15 heavy (non-hydrogen) atoms. The van der Waals surface area contributed by atoms with Crippen LogP contribution in [0.3, 0.4) is 0 Å². The molecule has 0 bridgehead atoms. The summed E-state index contributed by atoms with van der Waals surface area (Å²) in [5, 5.41) is 3.40. The monoisotopic (exact) mass is 200 g/mol. The number of rotatable bonds is 0. The number of para-hydroxylation sites is 1. The van der Waals surface area contributed by atoms with Crippen molar-refractivity contribution in [2.75, 3.05) is 11.9 Å². The first-order valence-corrected chi connectivity index (χ1v) is 5.53. The van der Waals surface area contributed by atoms with Crippen LogP contribution in [-0.4, -0.2) is 19.1 Å². The van der Waals surface area contributed by atoms with Gasteiger partial charge in [-0.3, -0.25) is 0 Å². The predicted octanol–water partition coefficient (Wildman–Crippen LogP) is 2.09. The minimum Gasteiger partial charge on any atom is -0.387 e. The van der Waals surface area contributed by atoms with Crippen molar-refractivity contribution in [2.24, 2.45) is 0 Å². The molecule has 0 radical (unpaired) electrons. The zero-order chi connectivity index (χ0) is 10.4. The van der Waals surface area contributed by atoms with Crippen LogP contribution in [0.15, 0.2) is 36.5 Å². The lowest BCUT2D eigenvalue weighted by molar-refractivity contribution is 0.454. The Kier molecular flexibility index (Phi) is 1.78. The number of anilines is 1. The molecule has 0 saturated heterocycles. The fourth-order valence-corrected chi connectivity index (χ4v) is 2.95. The Morgan fingerprint density at radius 1 is 1.27 bits per heavy atom. The Hall–Kier alpha value is -1.44. The lowest BCUT2D eigenvalue weighted by Gasteiger charge is -2.34. The van der Waals surface area contributed by atoms with Gasteiger partial charge in [0.05, 0.1) is 6.04 Å². The number of benzene rings is 1. The standard InChI is InChI=1S/C13H16N2/c1-9-13-11(7-8-14-9)10-5-3-4-6-12(10)15(13)2/h3-9,11,13-14H,1-2H3. The third-order valence-electron chi connectivity index (χ3n) is 3.67. The summed E-state index contributed by atoms with van der Waals surface area (Å²) in [5.41, 5.74) is 2.85. The Morgan fingerprint density at radius 3 is 2.93 bits per heavy atom. The molecule has 3 unspecified atom stereocenters. The van der Waals surface area contributed by atoms with Gasteiger partial charge in [0.25, 0.3) is 0 Å². The normalized spacial score (nSPS) is 32.1. The van der Waals surface area contributed by atoms with Crippen molar-refractivity contribution in [1.29, 1.82) is 0 Å². The lowest BCUT2D eigenvalue weighted by atomic mass is 9.89. The van der Waals surface area contributed by atoms with Gasteiger partial charge < -0.3 is 10.2 Å². The molecule has 1 N–H and O–H groups in total. The van der Waals surface area contributed by atoms with Gasteiger partial charge in [-0.25, -0.2) is 0 Å². The summed E-state index contributed by atoms with van der Waals surface area (Å²) in [6, 6.07) is 9.79. The van der Waals surface area contributed by atoms with Crippen LogP contribution in [0, 0.1) is 0 Å². The van der Waals surface area contributed by atoms with Crippen molar-refractivity contribution in [3.05, 3.63) is 42.1 Å². The Balaban J connectivity index is 2.13. The Bertz CT molecular complexity index is 411. The summed E-state index contributed by atoms with van der Waals surface area (Å²) in [6.07, 6.45) is 4.38. The van der Waals surface area contributed by atoms with Gasteiger partial charge in [-0.2, -0.15) is 0 Å². The van der Waals surface area contributed by atoms with Crippen LogP contribution in [0.5, 0.6) is 0 Å². The maximum atomic E-state index is 3.40. The highest BCUT2D eigenvalue weighted by molar-refractivity contribution is 5.63. The molecule has 0 aromatic heterocycles. The highest BCUT2D eigenvalue weighted by atomic mass is 15.2. The van der Waals surface area contributed by atoms with Crippen LogP contribution in [0.1, 0.15) is 18.4 Å². The van der Waals surface area contributed by atoms with E-state index in [-0.39, 0.29) is 0 Å². The van der Waals surface area contributed by atoms with Crippen molar-refractivity contribution in [3.8, 4) is 0 Å². The molecule has 3 rings (SSSR count). The second-order valence-electron chi connectivity index (χ2n) is 4.50. The molecule has 78 valence electrons. The fraction of sp³-hybridized carbons (Fsp3) is 0.385. The van der Waals surface area contributed by atoms with E-state index in [1.807, 2.05) is 0 Å². The molecule has 1 aromatic rings. The van der Waals surface area contributed by atoms with E-state index in [9.17, 15) is 0 Å². The van der Waals surface area contributed by atoms with Gasteiger partial charge in [-0.15, -0.1) is 0 Å². The van der Waals surface area contributed by atoms with Crippen LogP contribution in [0.4, 0.5) is 5.69 Å². The summed E-state index contributed by atoms with van der Waals surface area (Å²) >= 11 is 0. The van der Waals surface area contributed by atoms with E-state index in [2.05, 4.69) is 60.7 Å². The molecular formula is C13H16N2. The number of nitrogens with one attached hydrogen (secondary N) is 1. The molecule has 0 amide bonds. The third kappa shape index (κ3) is 1.11. The molecule has 2 nitrogen and oxygen atoms in total. The summed E-state index contributed by atoms with van der Waals surface area (Å²) in [4.78, 5) is 2.40. The van der Waals surface area contributed by atoms with E-state index in [1.165, 1.54) is 11.3 Å². The maximum absolute atomic E-state index is 3.40. The van der Waals surface area contributed by atoms with Gasteiger partial charge in [0, 0.05) is 24.7 Å². The lowest BCUT2D eigenvalue weighted by Crippen LogP contribution is -2.47. The molecule has 2 aliphatic heterocycles. The number of likely N-dealkylation sites (N-methyl/N-ethyl adjacent to an activating group) is 1. The highest BCUT2D eigenvalue weighted by Crippen LogP contribution is 2.42. The number of hydrogen-bond donors (Lipinski definition) is 1. The molecule has 0 saturated carbocycles. The average Bonchev–Trinajstić information content (AvgIpc) is 2.55. The van der Waals surface area contributed by atoms with Gasteiger partial charge in [-0.05, 0) is 24.8 Å². The first-order valence-electron chi connectivity index (χ1n) is 5.53. The highest BCUT2D eigenvalue weighted by Gasteiger charge is 2.39. The number of fused-ring (bicyclic) bond motifs is 3. The second-order valence-corrected chi connectivity index (χ2v) is 4.50. The van der Waals surface area contributed by atoms with Crippen molar-refractivity contribution in [2.45, 2.75) is 24.9 Å². The Morgan fingerprint density at radius 2 is 2.07 bits per heavy atom. The second kappa shape index (κ2) is 3.02. The van der Waals surface area contributed by atoms with E-state index in [4.69, 9.17) is 0 Å². The van der Waals surface area contributed by atoms with E-state index < -0.39 is 0 Å². The first kappa shape index (κ1) is 8.84. The molecule has 3 atom stereocenters. The molecule has 0 aliphatic carbocycles. The minimum atomic E-state index is 0.511. The van der Waals surface area contributed by atoms with E-state index >= 15 is 0 Å². The van der Waals surface area contributed by atoms with Crippen molar-refractivity contribution >= 4 is 5.69 Å². The summed E-state index contributed by atoms with van der Waals surface area (Å²) in [5.74, 6) is 0.558. The van der Waals surface area contributed by atoms with Crippen molar-refractivity contribution < 1.29 is 0 Å². The quantitative estimate of drug-likeness (QED) is 0.690. The summed E-state index contributed by atoms with van der Waals surface area (Å²) in [6.45, 7) is 2.25. The van der Waals surface area contributed by atoms with Gasteiger partial charge in [0.2, 0.25) is 0 Å². The molecule has 0 spiro atoms. The third-order valence-corrected chi connectivity index (χ3v) is 3.67. The molecule has 2 aliphatic rings. The van der Waals surface area contributed by atoms with Crippen LogP contribution in [-0.2, 0) is 0 Å². The van der Waals surface area contributed by atoms with Crippen molar-refractivity contribution in [1.82, 2.24) is 5.32 Å². The van der Waals surface area contributed by atoms with Crippen LogP contribution in [0.2, 0.25) is 0 Å². The average molecular weight is 200 g/mol. The molecule has 2 heterocycles.